The third-order valence-corrected chi connectivity index (χ3v) is 4.15. The van der Waals surface area contributed by atoms with Gasteiger partial charge in [-0.05, 0) is 36.8 Å². The van der Waals surface area contributed by atoms with Gasteiger partial charge in [-0.25, -0.2) is 0 Å². The molecule has 0 atom stereocenters. The van der Waals surface area contributed by atoms with E-state index in [4.69, 9.17) is 0 Å². The van der Waals surface area contributed by atoms with Gasteiger partial charge in [-0.2, -0.15) is 0 Å². The Kier molecular flexibility index (Phi) is 9.21. The molecule has 128 valence electrons. The summed E-state index contributed by atoms with van der Waals surface area (Å²) in [4.78, 5) is 17.0. The molecule has 0 fully saturated rings. The van der Waals surface area contributed by atoms with Crippen LogP contribution in [0, 0.1) is 6.92 Å². The van der Waals surface area contributed by atoms with Gasteiger partial charge in [-0.3, -0.25) is 9.79 Å². The zero-order valence-electron chi connectivity index (χ0n) is 14.5. The number of benzene rings is 1. The Morgan fingerprint density at radius 1 is 1.22 bits per heavy atom. The maximum atomic E-state index is 11.6. The summed E-state index contributed by atoms with van der Waals surface area (Å²) >= 11 is 1.74. The van der Waals surface area contributed by atoms with E-state index in [9.17, 15) is 4.79 Å². The molecule has 5 nitrogen and oxygen atoms in total. The lowest BCUT2D eigenvalue weighted by molar-refractivity contribution is -0.120. The van der Waals surface area contributed by atoms with E-state index >= 15 is 0 Å². The maximum absolute atomic E-state index is 11.6. The summed E-state index contributed by atoms with van der Waals surface area (Å²) in [6.45, 7) is 6.15. The standard InChI is InChI=1S/C17H28N4OS/c1-5-9-19-16(22)8-10-20-17(18-3)21-12-14-7-6-13(2)11-15(14)23-4/h6-7,11H,5,8-10,12H2,1-4H3,(H,19,22)(H2,18,20,21). The van der Waals surface area contributed by atoms with Gasteiger partial charge >= 0.3 is 0 Å². The summed E-state index contributed by atoms with van der Waals surface area (Å²) < 4.78 is 0. The zero-order chi connectivity index (χ0) is 17.1. The number of nitrogens with zero attached hydrogens (tertiary/aromatic N) is 1. The minimum absolute atomic E-state index is 0.0676. The van der Waals surface area contributed by atoms with Gasteiger partial charge in [-0.15, -0.1) is 11.8 Å². The van der Waals surface area contributed by atoms with E-state index in [1.165, 1.54) is 16.0 Å². The fourth-order valence-electron chi connectivity index (χ4n) is 2.04. The summed E-state index contributed by atoms with van der Waals surface area (Å²) in [7, 11) is 1.73. The number of aliphatic imine (C=N–C) groups is 1. The van der Waals surface area contributed by atoms with Crippen molar-refractivity contribution in [2.24, 2.45) is 4.99 Å². The molecule has 0 aliphatic heterocycles. The topological polar surface area (TPSA) is 65.5 Å². The van der Waals surface area contributed by atoms with Gasteiger partial charge in [0.15, 0.2) is 5.96 Å². The number of thioether (sulfide) groups is 1. The molecule has 0 aromatic heterocycles. The Hall–Kier alpha value is -1.69. The number of carbonyl (C=O) groups is 1. The van der Waals surface area contributed by atoms with Crippen LogP contribution in [-0.4, -0.2) is 38.3 Å². The summed E-state index contributed by atoms with van der Waals surface area (Å²) in [6, 6.07) is 6.45. The van der Waals surface area contributed by atoms with Gasteiger partial charge in [0, 0.05) is 38.0 Å². The van der Waals surface area contributed by atoms with Gasteiger partial charge in [0.1, 0.15) is 0 Å². The smallest absolute Gasteiger partial charge is 0.221 e. The molecule has 0 bridgehead atoms. The minimum Gasteiger partial charge on any atom is -0.356 e. The maximum Gasteiger partial charge on any atom is 0.221 e. The van der Waals surface area contributed by atoms with Gasteiger partial charge < -0.3 is 16.0 Å². The lowest BCUT2D eigenvalue weighted by Gasteiger charge is -2.14. The van der Waals surface area contributed by atoms with Crippen LogP contribution in [0.5, 0.6) is 0 Å². The molecule has 0 unspecified atom stereocenters. The van der Waals surface area contributed by atoms with Gasteiger partial charge in [0.05, 0.1) is 0 Å². The molecule has 1 rings (SSSR count). The van der Waals surface area contributed by atoms with Crippen LogP contribution >= 0.6 is 11.8 Å². The number of hydrogen-bond donors (Lipinski definition) is 3. The van der Waals surface area contributed by atoms with E-state index in [1.54, 1.807) is 18.8 Å². The van der Waals surface area contributed by atoms with E-state index in [2.05, 4.69) is 52.3 Å². The van der Waals surface area contributed by atoms with E-state index in [0.29, 0.717) is 25.5 Å². The van der Waals surface area contributed by atoms with Crippen LogP contribution in [0.25, 0.3) is 0 Å². The molecule has 0 aliphatic rings. The number of nitrogens with one attached hydrogen (secondary N) is 3. The number of guanidine groups is 1. The summed E-state index contributed by atoms with van der Waals surface area (Å²) in [5.41, 5.74) is 2.51. The molecule has 23 heavy (non-hydrogen) atoms. The number of hydrogen-bond acceptors (Lipinski definition) is 3. The third-order valence-electron chi connectivity index (χ3n) is 3.33. The zero-order valence-corrected chi connectivity index (χ0v) is 15.3. The first-order valence-electron chi connectivity index (χ1n) is 7.95. The summed E-state index contributed by atoms with van der Waals surface area (Å²) in [6.07, 6.45) is 3.48. The van der Waals surface area contributed by atoms with Crippen molar-refractivity contribution in [1.29, 1.82) is 0 Å². The molecule has 0 saturated heterocycles. The van der Waals surface area contributed by atoms with Crippen molar-refractivity contribution in [3.05, 3.63) is 29.3 Å². The molecular formula is C17H28N4OS. The fourth-order valence-corrected chi connectivity index (χ4v) is 2.75. The van der Waals surface area contributed by atoms with Crippen LogP contribution in [0.2, 0.25) is 0 Å². The lowest BCUT2D eigenvalue weighted by atomic mass is 10.1. The van der Waals surface area contributed by atoms with Gasteiger partial charge in [0.25, 0.3) is 0 Å². The Bertz CT molecular complexity index is 531. The van der Waals surface area contributed by atoms with Crippen molar-refractivity contribution in [2.75, 3.05) is 26.4 Å². The minimum atomic E-state index is 0.0676. The summed E-state index contributed by atoms with van der Waals surface area (Å²) in [5.74, 6) is 0.777. The molecule has 0 spiro atoms. The van der Waals surface area contributed by atoms with E-state index in [-0.39, 0.29) is 5.91 Å². The molecule has 3 N–H and O–H groups in total. The SMILES string of the molecule is CCCNC(=O)CCNC(=NC)NCc1ccc(C)cc1SC. The van der Waals surface area contributed by atoms with Crippen LogP contribution in [0.1, 0.15) is 30.9 Å². The normalized spacial score (nSPS) is 11.2. The highest BCUT2D eigenvalue weighted by molar-refractivity contribution is 7.98. The fraction of sp³-hybridized carbons (Fsp3) is 0.529. The number of aryl methyl sites for hydroxylation is 1. The van der Waals surface area contributed by atoms with Crippen LogP contribution < -0.4 is 16.0 Å². The Balaban J connectivity index is 2.41. The first-order valence-corrected chi connectivity index (χ1v) is 9.17. The first kappa shape index (κ1) is 19.4. The number of amides is 1. The molecule has 1 aromatic rings. The molecule has 1 aromatic carbocycles. The average molecular weight is 337 g/mol. The van der Waals surface area contributed by atoms with Crippen LogP contribution in [0.15, 0.2) is 28.1 Å². The van der Waals surface area contributed by atoms with Crippen molar-refractivity contribution in [3.8, 4) is 0 Å². The molecule has 0 radical (unpaired) electrons. The van der Waals surface area contributed by atoms with Crippen LogP contribution in [-0.2, 0) is 11.3 Å². The molecular weight excluding hydrogens is 308 g/mol. The quantitative estimate of drug-likeness (QED) is 0.387. The van der Waals surface area contributed by atoms with Crippen molar-refractivity contribution >= 4 is 23.6 Å². The van der Waals surface area contributed by atoms with E-state index in [0.717, 1.165) is 13.0 Å². The predicted octanol–water partition coefficient (Wildman–Crippen LogP) is 2.30. The Labute approximate surface area is 143 Å². The van der Waals surface area contributed by atoms with Crippen LogP contribution in [0.3, 0.4) is 0 Å². The molecule has 1 amide bonds. The molecule has 6 heteroatoms. The van der Waals surface area contributed by atoms with Crippen molar-refractivity contribution < 1.29 is 4.79 Å². The van der Waals surface area contributed by atoms with Gasteiger partial charge in [0.2, 0.25) is 5.91 Å². The summed E-state index contributed by atoms with van der Waals surface area (Å²) in [5, 5.41) is 9.32. The highest BCUT2D eigenvalue weighted by Gasteiger charge is 2.05. The third kappa shape index (κ3) is 7.41. The van der Waals surface area contributed by atoms with Gasteiger partial charge in [-0.1, -0.05) is 19.1 Å². The molecule has 0 saturated carbocycles. The van der Waals surface area contributed by atoms with Crippen molar-refractivity contribution in [2.45, 2.75) is 38.1 Å². The Morgan fingerprint density at radius 3 is 2.65 bits per heavy atom. The number of carbonyl (C=O) groups excluding carboxylic acids is 1. The van der Waals surface area contributed by atoms with Crippen molar-refractivity contribution in [3.63, 3.8) is 0 Å². The van der Waals surface area contributed by atoms with Crippen molar-refractivity contribution in [1.82, 2.24) is 16.0 Å². The lowest BCUT2D eigenvalue weighted by Crippen LogP contribution is -2.39. The second kappa shape index (κ2) is 10.9. The van der Waals surface area contributed by atoms with Crippen LogP contribution in [0.4, 0.5) is 0 Å². The Morgan fingerprint density at radius 2 is 2.00 bits per heavy atom. The predicted molar refractivity (Wildman–Crippen MR) is 99.1 cm³/mol. The van der Waals surface area contributed by atoms with E-state index < -0.39 is 0 Å². The largest absolute Gasteiger partial charge is 0.356 e. The number of rotatable bonds is 8. The molecule has 0 aliphatic carbocycles. The average Bonchev–Trinajstić information content (AvgIpc) is 2.56. The second-order valence-corrected chi connectivity index (χ2v) is 6.12. The molecule has 0 heterocycles. The highest BCUT2D eigenvalue weighted by atomic mass is 32.2. The monoisotopic (exact) mass is 336 g/mol. The second-order valence-electron chi connectivity index (χ2n) is 5.27. The first-order chi connectivity index (χ1) is 11.1. The van der Waals surface area contributed by atoms with E-state index in [1.807, 2.05) is 6.92 Å². The highest BCUT2D eigenvalue weighted by Crippen LogP contribution is 2.21.